The topological polar surface area (TPSA) is 100 Å². The number of amides is 2. The van der Waals surface area contributed by atoms with Gasteiger partial charge in [0, 0.05) is 24.7 Å². The van der Waals surface area contributed by atoms with Crippen molar-refractivity contribution in [2.75, 3.05) is 5.32 Å². The normalized spacial score (nSPS) is 27.0. The molecule has 0 radical (unpaired) electrons. The molecule has 0 aromatic carbocycles. The first-order valence-corrected chi connectivity index (χ1v) is 7.14. The van der Waals surface area contributed by atoms with Gasteiger partial charge in [0.2, 0.25) is 5.91 Å². The number of piperidine rings is 1. The van der Waals surface area contributed by atoms with Gasteiger partial charge in [-0.2, -0.15) is 0 Å². The van der Waals surface area contributed by atoms with E-state index >= 15 is 0 Å². The van der Waals surface area contributed by atoms with Crippen molar-refractivity contribution in [1.29, 1.82) is 0 Å². The van der Waals surface area contributed by atoms with Crippen LogP contribution in [0, 0.1) is 5.92 Å². The monoisotopic (exact) mass is 312 g/mol. The molecule has 3 heterocycles. The van der Waals surface area contributed by atoms with Gasteiger partial charge in [-0.25, -0.2) is 0 Å². The van der Waals surface area contributed by atoms with Crippen molar-refractivity contribution in [3.05, 3.63) is 18.0 Å². The van der Waals surface area contributed by atoms with E-state index in [1.165, 1.54) is 12.8 Å². The van der Waals surface area contributed by atoms with Crippen molar-refractivity contribution < 1.29 is 9.59 Å². The first-order chi connectivity index (χ1) is 9.60. The lowest BCUT2D eigenvalue weighted by atomic mass is 9.89. The molecule has 1 aromatic rings. The van der Waals surface area contributed by atoms with Crippen LogP contribution in [0.15, 0.2) is 12.3 Å². The fourth-order valence-corrected chi connectivity index (χ4v) is 3.42. The first kappa shape index (κ1) is 15.9. The Bertz CT molecular complexity index is 519. The molecule has 2 saturated heterocycles. The van der Waals surface area contributed by atoms with Crippen LogP contribution >= 0.6 is 12.4 Å². The second kappa shape index (κ2) is 6.49. The molecule has 2 unspecified atom stereocenters. The first-order valence-electron chi connectivity index (χ1n) is 7.14. The Morgan fingerprint density at radius 1 is 1.29 bits per heavy atom. The molecule has 2 aliphatic heterocycles. The van der Waals surface area contributed by atoms with E-state index in [9.17, 15) is 9.59 Å². The molecule has 0 saturated carbocycles. The highest BCUT2D eigenvalue weighted by atomic mass is 35.5. The van der Waals surface area contributed by atoms with E-state index < -0.39 is 5.91 Å². The lowest BCUT2D eigenvalue weighted by molar-refractivity contribution is -0.117. The maximum absolute atomic E-state index is 12.0. The fourth-order valence-electron chi connectivity index (χ4n) is 3.42. The highest BCUT2D eigenvalue weighted by Gasteiger charge is 2.34. The van der Waals surface area contributed by atoms with E-state index in [1.807, 2.05) is 0 Å². The van der Waals surface area contributed by atoms with Gasteiger partial charge in [-0.1, -0.05) is 0 Å². The summed E-state index contributed by atoms with van der Waals surface area (Å²) in [6.07, 6.45) is 6.79. The molecule has 21 heavy (non-hydrogen) atoms. The van der Waals surface area contributed by atoms with Crippen LogP contribution in [0.5, 0.6) is 0 Å². The number of nitrogens with one attached hydrogen (secondary N) is 3. The van der Waals surface area contributed by atoms with Gasteiger partial charge in [-0.3, -0.25) is 9.59 Å². The maximum atomic E-state index is 12.0. The third-order valence-corrected chi connectivity index (χ3v) is 4.28. The van der Waals surface area contributed by atoms with E-state index in [2.05, 4.69) is 15.6 Å². The molecule has 2 fully saturated rings. The van der Waals surface area contributed by atoms with Crippen molar-refractivity contribution in [3.63, 3.8) is 0 Å². The zero-order valence-electron chi connectivity index (χ0n) is 11.7. The predicted molar refractivity (Wildman–Crippen MR) is 82.5 cm³/mol. The van der Waals surface area contributed by atoms with Gasteiger partial charge in [0.05, 0.1) is 5.69 Å². The maximum Gasteiger partial charge on any atom is 0.265 e. The van der Waals surface area contributed by atoms with Crippen molar-refractivity contribution in [2.24, 2.45) is 11.7 Å². The van der Waals surface area contributed by atoms with Crippen LogP contribution in [0.1, 0.15) is 42.6 Å². The number of carbonyl (C=O) groups excluding carboxylic acids is 2. The van der Waals surface area contributed by atoms with Gasteiger partial charge in [-0.05, 0) is 37.7 Å². The number of aromatic nitrogens is 1. The van der Waals surface area contributed by atoms with E-state index in [0.717, 1.165) is 12.8 Å². The minimum Gasteiger partial charge on any atom is -0.364 e. The second-order valence-electron chi connectivity index (χ2n) is 5.89. The molecule has 3 rings (SSSR count). The van der Waals surface area contributed by atoms with Gasteiger partial charge < -0.3 is 21.4 Å². The van der Waals surface area contributed by atoms with E-state index in [4.69, 9.17) is 5.73 Å². The summed E-state index contributed by atoms with van der Waals surface area (Å²) < 4.78 is 0. The van der Waals surface area contributed by atoms with E-state index in [0.29, 0.717) is 35.8 Å². The summed E-state index contributed by atoms with van der Waals surface area (Å²) >= 11 is 0. The minimum absolute atomic E-state index is 0. The summed E-state index contributed by atoms with van der Waals surface area (Å²) in [7, 11) is 0. The number of H-pyrrole nitrogens is 1. The Hall–Kier alpha value is -1.53. The zero-order chi connectivity index (χ0) is 14.1. The Labute approximate surface area is 129 Å². The SMILES string of the molecule is Cl.NC(=O)c1cc(NC(=O)CC2CC3CCC(C2)N3)c[nH]1. The van der Waals surface area contributed by atoms with Crippen molar-refractivity contribution >= 4 is 29.9 Å². The quantitative estimate of drug-likeness (QED) is 0.676. The highest BCUT2D eigenvalue weighted by molar-refractivity contribution is 5.95. The standard InChI is InChI=1S/C14H20N4O2.ClH/c15-14(20)12-6-11(7-16-12)18-13(19)5-8-3-9-1-2-10(4-8)17-9;/h6-10,16-17H,1-5H2,(H2,15,20)(H,18,19);1H. The second-order valence-corrected chi connectivity index (χ2v) is 5.89. The average Bonchev–Trinajstić information content (AvgIpc) is 2.96. The molecule has 0 spiro atoms. The number of anilines is 1. The van der Waals surface area contributed by atoms with Crippen molar-refractivity contribution in [2.45, 2.75) is 44.2 Å². The molecule has 2 atom stereocenters. The molecule has 7 heteroatoms. The number of rotatable bonds is 4. The Balaban J connectivity index is 0.00000161. The molecule has 6 nitrogen and oxygen atoms in total. The largest absolute Gasteiger partial charge is 0.364 e. The average molecular weight is 313 g/mol. The van der Waals surface area contributed by atoms with E-state index in [1.54, 1.807) is 12.3 Å². The summed E-state index contributed by atoms with van der Waals surface area (Å²) in [5.74, 6) is -0.0601. The van der Waals surface area contributed by atoms with Crippen LogP contribution in [0.4, 0.5) is 5.69 Å². The van der Waals surface area contributed by atoms with Gasteiger partial charge in [0.25, 0.3) is 5.91 Å². The van der Waals surface area contributed by atoms with Crippen LogP contribution in [0.2, 0.25) is 0 Å². The highest BCUT2D eigenvalue weighted by Crippen LogP contribution is 2.32. The molecule has 2 amide bonds. The molecular formula is C14H21ClN4O2. The number of hydrogen-bond donors (Lipinski definition) is 4. The van der Waals surface area contributed by atoms with Crippen LogP contribution < -0.4 is 16.4 Å². The number of hydrogen-bond acceptors (Lipinski definition) is 3. The smallest absolute Gasteiger partial charge is 0.265 e. The zero-order valence-corrected chi connectivity index (χ0v) is 12.5. The lowest BCUT2D eigenvalue weighted by Crippen LogP contribution is -2.39. The van der Waals surface area contributed by atoms with E-state index in [-0.39, 0.29) is 18.3 Å². The fraction of sp³-hybridized carbons (Fsp3) is 0.571. The molecule has 5 N–H and O–H groups in total. The summed E-state index contributed by atoms with van der Waals surface area (Å²) in [6, 6.07) is 2.76. The Morgan fingerprint density at radius 3 is 2.52 bits per heavy atom. The van der Waals surface area contributed by atoms with Crippen LogP contribution in [-0.2, 0) is 4.79 Å². The summed E-state index contributed by atoms with van der Waals surface area (Å²) in [5.41, 5.74) is 6.06. The van der Waals surface area contributed by atoms with Crippen molar-refractivity contribution in [1.82, 2.24) is 10.3 Å². The summed E-state index contributed by atoms with van der Waals surface area (Å²) in [5, 5.41) is 6.39. The van der Waals surface area contributed by atoms with Crippen LogP contribution in [0.25, 0.3) is 0 Å². The number of fused-ring (bicyclic) bond motifs is 2. The van der Waals surface area contributed by atoms with Gasteiger partial charge in [0.15, 0.2) is 0 Å². The Kier molecular flexibility index (Phi) is 4.90. The summed E-state index contributed by atoms with van der Waals surface area (Å²) in [6.45, 7) is 0. The number of primary amides is 1. The van der Waals surface area contributed by atoms with Crippen LogP contribution in [-0.4, -0.2) is 28.9 Å². The van der Waals surface area contributed by atoms with Gasteiger partial charge in [-0.15, -0.1) is 12.4 Å². The Morgan fingerprint density at radius 2 is 1.95 bits per heavy atom. The molecule has 0 aliphatic carbocycles. The third kappa shape index (κ3) is 3.77. The molecule has 2 bridgehead atoms. The van der Waals surface area contributed by atoms with Crippen LogP contribution in [0.3, 0.4) is 0 Å². The number of aromatic amines is 1. The molecule has 1 aromatic heterocycles. The number of halogens is 1. The predicted octanol–water partition coefficient (Wildman–Crippen LogP) is 1.39. The molecule has 2 aliphatic rings. The van der Waals surface area contributed by atoms with Crippen molar-refractivity contribution in [3.8, 4) is 0 Å². The lowest BCUT2D eigenvalue weighted by Gasteiger charge is -2.28. The molecular weight excluding hydrogens is 292 g/mol. The third-order valence-electron chi connectivity index (χ3n) is 4.28. The summed E-state index contributed by atoms with van der Waals surface area (Å²) in [4.78, 5) is 25.7. The minimum atomic E-state index is -0.527. The number of nitrogens with two attached hydrogens (primary N) is 1. The number of carbonyl (C=O) groups is 2. The van der Waals surface area contributed by atoms with Gasteiger partial charge in [0.1, 0.15) is 5.69 Å². The van der Waals surface area contributed by atoms with Gasteiger partial charge >= 0.3 is 0 Å². The molecule has 116 valence electrons.